The molecule has 0 spiro atoms. The Labute approximate surface area is 164 Å². The molecule has 0 radical (unpaired) electrons. The van der Waals surface area contributed by atoms with Crippen molar-refractivity contribution in [2.45, 2.75) is 31.8 Å². The zero-order valence-electron chi connectivity index (χ0n) is 15.6. The first kappa shape index (κ1) is 18.6. The first-order valence-electron chi connectivity index (χ1n) is 9.85. The van der Waals surface area contributed by atoms with Gasteiger partial charge in [0.05, 0.1) is 6.10 Å². The lowest BCUT2D eigenvalue weighted by Gasteiger charge is -2.34. The molecule has 144 valence electrons. The number of aliphatic hydroxyl groups excluding tert-OH is 1. The number of likely N-dealkylation sites (tertiary alicyclic amines) is 2. The maximum Gasteiger partial charge on any atom is 0.282 e. The summed E-state index contributed by atoms with van der Waals surface area (Å²) in [7, 11) is 0. The molecular weight excluding hydrogens is 358 g/mol. The molecule has 2 unspecified atom stereocenters. The van der Waals surface area contributed by atoms with Crippen LogP contribution in [0, 0.1) is 5.92 Å². The van der Waals surface area contributed by atoms with Gasteiger partial charge in [0.2, 0.25) is 0 Å². The van der Waals surface area contributed by atoms with Gasteiger partial charge in [-0.15, -0.1) is 11.3 Å². The number of amides is 1. The van der Waals surface area contributed by atoms with E-state index in [1.807, 2.05) is 29.3 Å². The van der Waals surface area contributed by atoms with Gasteiger partial charge in [0.25, 0.3) is 5.91 Å². The van der Waals surface area contributed by atoms with Crippen LogP contribution in [0.4, 0.5) is 0 Å². The molecule has 2 fully saturated rings. The number of carbonyl (C=O) groups is 1. The summed E-state index contributed by atoms with van der Waals surface area (Å²) < 4.78 is 0. The summed E-state index contributed by atoms with van der Waals surface area (Å²) >= 11 is 1.52. The van der Waals surface area contributed by atoms with E-state index >= 15 is 0 Å². The molecule has 5 nitrogen and oxygen atoms in total. The van der Waals surface area contributed by atoms with Crippen molar-refractivity contribution in [3.63, 3.8) is 0 Å². The third kappa shape index (κ3) is 4.75. The molecule has 0 saturated carbocycles. The number of aliphatic hydroxyl groups is 1. The van der Waals surface area contributed by atoms with E-state index < -0.39 is 0 Å². The first-order valence-corrected chi connectivity index (χ1v) is 10.7. The molecule has 27 heavy (non-hydrogen) atoms. The molecule has 1 amide bonds. The minimum Gasteiger partial charge on any atom is -0.392 e. The fraction of sp³-hybridized carbons (Fsp3) is 0.524. The highest BCUT2D eigenvalue weighted by Gasteiger charge is 2.29. The maximum atomic E-state index is 12.9. The monoisotopic (exact) mass is 385 g/mol. The van der Waals surface area contributed by atoms with E-state index in [0.717, 1.165) is 63.3 Å². The molecule has 2 aliphatic rings. The SMILES string of the molecule is O=C(c1ncc(Cc2ccccc2)s1)N1CCCC(CN2CCC(O)C2)C1. The van der Waals surface area contributed by atoms with Crippen LogP contribution in [0.25, 0.3) is 0 Å². The van der Waals surface area contributed by atoms with Gasteiger partial charge in [-0.25, -0.2) is 4.98 Å². The van der Waals surface area contributed by atoms with Crippen molar-refractivity contribution in [3.8, 4) is 0 Å². The van der Waals surface area contributed by atoms with E-state index in [0.29, 0.717) is 10.9 Å². The van der Waals surface area contributed by atoms with Crippen LogP contribution in [0.2, 0.25) is 0 Å². The summed E-state index contributed by atoms with van der Waals surface area (Å²) in [6.45, 7) is 4.36. The molecule has 2 saturated heterocycles. The zero-order valence-corrected chi connectivity index (χ0v) is 16.4. The molecule has 1 aromatic heterocycles. The molecule has 0 bridgehead atoms. The number of aromatic nitrogens is 1. The largest absolute Gasteiger partial charge is 0.392 e. The average molecular weight is 386 g/mol. The minimum absolute atomic E-state index is 0.0745. The van der Waals surface area contributed by atoms with E-state index in [9.17, 15) is 9.90 Å². The second-order valence-corrected chi connectivity index (χ2v) is 8.87. The molecule has 2 aromatic rings. The Balaban J connectivity index is 1.34. The fourth-order valence-corrected chi connectivity index (χ4v) is 5.08. The number of β-amino-alcohol motifs (C(OH)–C–C–N with tert-alkyl or cyclic N) is 1. The van der Waals surface area contributed by atoms with Crippen LogP contribution in [0.15, 0.2) is 36.5 Å². The number of benzene rings is 1. The standard InChI is InChI=1S/C21H27N3O2S/c25-18-8-10-23(15-18)13-17-7-4-9-24(14-17)21(26)20-22-12-19(27-20)11-16-5-2-1-3-6-16/h1-3,5-6,12,17-18,25H,4,7-11,13-15H2. The van der Waals surface area contributed by atoms with Gasteiger partial charge in [-0.2, -0.15) is 0 Å². The van der Waals surface area contributed by atoms with Gasteiger partial charge in [0.15, 0.2) is 5.01 Å². The molecular formula is C21H27N3O2S. The lowest BCUT2D eigenvalue weighted by atomic mass is 9.97. The van der Waals surface area contributed by atoms with Gasteiger partial charge in [-0.1, -0.05) is 30.3 Å². The number of thiazole rings is 1. The smallest absolute Gasteiger partial charge is 0.282 e. The van der Waals surface area contributed by atoms with E-state index in [4.69, 9.17) is 0 Å². The highest BCUT2D eigenvalue weighted by Crippen LogP contribution is 2.24. The number of hydrogen-bond donors (Lipinski definition) is 1. The zero-order chi connectivity index (χ0) is 18.6. The van der Waals surface area contributed by atoms with Crippen LogP contribution in [0.1, 0.15) is 39.5 Å². The molecule has 6 heteroatoms. The lowest BCUT2D eigenvalue weighted by Crippen LogP contribution is -2.43. The van der Waals surface area contributed by atoms with E-state index in [2.05, 4.69) is 22.0 Å². The molecule has 4 rings (SSSR count). The summed E-state index contributed by atoms with van der Waals surface area (Å²) in [6, 6.07) is 10.3. The highest BCUT2D eigenvalue weighted by atomic mass is 32.1. The Bertz CT molecular complexity index is 764. The predicted molar refractivity (Wildman–Crippen MR) is 107 cm³/mol. The van der Waals surface area contributed by atoms with Crippen LogP contribution in [-0.2, 0) is 6.42 Å². The minimum atomic E-state index is -0.176. The molecule has 1 N–H and O–H groups in total. The average Bonchev–Trinajstić information content (AvgIpc) is 3.31. The van der Waals surface area contributed by atoms with Crippen molar-refractivity contribution < 1.29 is 9.90 Å². The van der Waals surface area contributed by atoms with Gasteiger partial charge in [-0.05, 0) is 30.7 Å². The summed E-state index contributed by atoms with van der Waals surface area (Å²) in [5, 5.41) is 10.3. The maximum absolute atomic E-state index is 12.9. The number of hydrogen-bond acceptors (Lipinski definition) is 5. The third-order valence-electron chi connectivity index (χ3n) is 5.53. The second kappa shape index (κ2) is 8.50. The topological polar surface area (TPSA) is 56.7 Å². The second-order valence-electron chi connectivity index (χ2n) is 7.76. The Morgan fingerprint density at radius 2 is 2.04 bits per heavy atom. The highest BCUT2D eigenvalue weighted by molar-refractivity contribution is 7.13. The molecule has 2 aliphatic heterocycles. The number of rotatable bonds is 5. The van der Waals surface area contributed by atoms with Gasteiger partial charge in [-0.3, -0.25) is 4.79 Å². The van der Waals surface area contributed by atoms with Crippen LogP contribution < -0.4 is 0 Å². The van der Waals surface area contributed by atoms with Crippen LogP contribution in [-0.4, -0.2) is 64.6 Å². The lowest BCUT2D eigenvalue weighted by molar-refractivity contribution is 0.0642. The quantitative estimate of drug-likeness (QED) is 0.860. The molecule has 3 heterocycles. The van der Waals surface area contributed by atoms with Crippen molar-refractivity contribution in [2.24, 2.45) is 5.92 Å². The summed E-state index contributed by atoms with van der Waals surface area (Å²) in [6.07, 6.45) is 5.58. The number of nitrogens with zero attached hydrogens (tertiary/aromatic N) is 3. The van der Waals surface area contributed by atoms with E-state index in [-0.39, 0.29) is 12.0 Å². The van der Waals surface area contributed by atoms with Crippen molar-refractivity contribution >= 4 is 17.2 Å². The van der Waals surface area contributed by atoms with Crippen molar-refractivity contribution in [1.82, 2.24) is 14.8 Å². The van der Waals surface area contributed by atoms with Crippen LogP contribution in [0.3, 0.4) is 0 Å². The Kier molecular flexibility index (Phi) is 5.86. The normalized spacial score (nSPS) is 23.7. The number of piperidine rings is 1. The van der Waals surface area contributed by atoms with Crippen molar-refractivity contribution in [2.75, 3.05) is 32.7 Å². The Morgan fingerprint density at radius 3 is 2.81 bits per heavy atom. The fourth-order valence-electron chi connectivity index (χ4n) is 4.16. The van der Waals surface area contributed by atoms with Crippen LogP contribution >= 0.6 is 11.3 Å². The summed E-state index contributed by atoms with van der Waals surface area (Å²) in [4.78, 5) is 22.8. The Hall–Kier alpha value is -1.76. The van der Waals surface area contributed by atoms with E-state index in [1.165, 1.54) is 16.9 Å². The Morgan fingerprint density at radius 1 is 1.19 bits per heavy atom. The number of carbonyl (C=O) groups excluding carboxylic acids is 1. The molecule has 1 aromatic carbocycles. The molecule has 2 atom stereocenters. The molecule has 0 aliphatic carbocycles. The van der Waals surface area contributed by atoms with Crippen molar-refractivity contribution in [1.29, 1.82) is 0 Å². The summed E-state index contributed by atoms with van der Waals surface area (Å²) in [5.74, 6) is 0.571. The van der Waals surface area contributed by atoms with E-state index in [1.54, 1.807) is 0 Å². The van der Waals surface area contributed by atoms with Gasteiger partial charge >= 0.3 is 0 Å². The van der Waals surface area contributed by atoms with Gasteiger partial charge in [0.1, 0.15) is 0 Å². The van der Waals surface area contributed by atoms with Gasteiger partial charge in [0, 0.05) is 50.2 Å². The van der Waals surface area contributed by atoms with Crippen LogP contribution in [0.5, 0.6) is 0 Å². The first-order chi connectivity index (χ1) is 13.2. The summed E-state index contributed by atoms with van der Waals surface area (Å²) in [5.41, 5.74) is 1.24. The van der Waals surface area contributed by atoms with Crippen molar-refractivity contribution in [3.05, 3.63) is 52.0 Å². The van der Waals surface area contributed by atoms with Gasteiger partial charge < -0.3 is 14.9 Å². The predicted octanol–water partition coefficient (Wildman–Crippen LogP) is 2.65. The third-order valence-corrected chi connectivity index (χ3v) is 6.51.